The first-order valence-electron chi connectivity index (χ1n) is 5.96. The Labute approximate surface area is 116 Å². The zero-order chi connectivity index (χ0) is 13.7. The first kappa shape index (κ1) is 13.4. The number of hydrogen-bond donors (Lipinski definition) is 0. The number of hydrogen-bond acceptors (Lipinski definition) is 4. The predicted molar refractivity (Wildman–Crippen MR) is 76.0 cm³/mol. The van der Waals surface area contributed by atoms with E-state index in [2.05, 4.69) is 6.07 Å². The first-order chi connectivity index (χ1) is 9.26. The molecule has 0 heterocycles. The number of carbonyl (C=O) groups excluding carboxylic acids is 1. The smallest absolute Gasteiger partial charge is 0.316 e. The van der Waals surface area contributed by atoms with Crippen molar-refractivity contribution in [3.8, 4) is 6.07 Å². The van der Waals surface area contributed by atoms with Crippen LogP contribution in [0, 0.1) is 11.3 Å². The lowest BCUT2D eigenvalue weighted by atomic mass is 10.1. The molecule has 4 heteroatoms. The Morgan fingerprint density at radius 3 is 2.68 bits per heavy atom. The monoisotopic (exact) mass is 271 g/mol. The van der Waals surface area contributed by atoms with Gasteiger partial charge in [0.05, 0.1) is 24.0 Å². The highest BCUT2D eigenvalue weighted by atomic mass is 32.2. The van der Waals surface area contributed by atoms with Crippen molar-refractivity contribution in [2.45, 2.75) is 11.8 Å². The molecule has 0 unspecified atom stereocenters. The van der Waals surface area contributed by atoms with E-state index in [1.54, 1.807) is 13.0 Å². The molecule has 0 aliphatic heterocycles. The maximum absolute atomic E-state index is 11.4. The average Bonchev–Trinajstić information content (AvgIpc) is 2.45. The number of esters is 1. The van der Waals surface area contributed by atoms with Crippen molar-refractivity contribution in [1.82, 2.24) is 0 Å². The van der Waals surface area contributed by atoms with Crippen LogP contribution in [0.2, 0.25) is 0 Å². The largest absolute Gasteiger partial charge is 0.465 e. The summed E-state index contributed by atoms with van der Waals surface area (Å²) in [6.45, 7) is 2.19. The number of ether oxygens (including phenoxy) is 1. The molecule has 2 aromatic rings. The third-order valence-electron chi connectivity index (χ3n) is 2.66. The molecule has 0 aromatic heterocycles. The highest BCUT2D eigenvalue weighted by Crippen LogP contribution is 2.30. The van der Waals surface area contributed by atoms with Gasteiger partial charge in [-0.3, -0.25) is 4.79 Å². The van der Waals surface area contributed by atoms with Gasteiger partial charge < -0.3 is 4.74 Å². The van der Waals surface area contributed by atoms with Crippen LogP contribution in [-0.2, 0) is 9.53 Å². The molecule has 0 saturated carbocycles. The number of thioether (sulfide) groups is 1. The van der Waals surface area contributed by atoms with Gasteiger partial charge in [0.25, 0.3) is 0 Å². The van der Waals surface area contributed by atoms with Crippen LogP contribution in [0.1, 0.15) is 12.5 Å². The van der Waals surface area contributed by atoms with Crippen LogP contribution in [0.15, 0.2) is 41.3 Å². The van der Waals surface area contributed by atoms with Crippen molar-refractivity contribution in [2.24, 2.45) is 0 Å². The van der Waals surface area contributed by atoms with Crippen LogP contribution in [0.5, 0.6) is 0 Å². The van der Waals surface area contributed by atoms with Crippen molar-refractivity contribution in [3.63, 3.8) is 0 Å². The lowest BCUT2D eigenvalue weighted by molar-refractivity contribution is -0.139. The third-order valence-corrected chi connectivity index (χ3v) is 3.70. The van der Waals surface area contributed by atoms with Gasteiger partial charge in [0, 0.05) is 10.3 Å². The van der Waals surface area contributed by atoms with Crippen LogP contribution in [0.4, 0.5) is 0 Å². The van der Waals surface area contributed by atoms with E-state index in [9.17, 15) is 4.79 Å². The van der Waals surface area contributed by atoms with Crippen LogP contribution in [-0.4, -0.2) is 18.3 Å². The number of fused-ring (bicyclic) bond motifs is 1. The van der Waals surface area contributed by atoms with Crippen LogP contribution in [0.25, 0.3) is 10.8 Å². The molecule has 0 fully saturated rings. The standard InChI is InChI=1S/C15H13NO2S/c1-2-18-15(17)10-19-14-8-7-11(9-16)12-5-3-4-6-13(12)14/h3-8H,2,10H2,1H3. The molecule has 3 nitrogen and oxygen atoms in total. The Morgan fingerprint density at radius 2 is 2.00 bits per heavy atom. The summed E-state index contributed by atoms with van der Waals surface area (Å²) in [5.41, 5.74) is 0.649. The summed E-state index contributed by atoms with van der Waals surface area (Å²) in [5, 5.41) is 11.0. The highest BCUT2D eigenvalue weighted by molar-refractivity contribution is 8.00. The van der Waals surface area contributed by atoms with E-state index in [0.717, 1.165) is 15.7 Å². The molecule has 0 spiro atoms. The molecule has 0 aliphatic rings. The zero-order valence-electron chi connectivity index (χ0n) is 10.6. The first-order valence-corrected chi connectivity index (χ1v) is 6.95. The van der Waals surface area contributed by atoms with Crippen molar-refractivity contribution < 1.29 is 9.53 Å². The molecule has 2 rings (SSSR count). The second-order valence-electron chi connectivity index (χ2n) is 3.86. The van der Waals surface area contributed by atoms with Crippen molar-refractivity contribution in [2.75, 3.05) is 12.4 Å². The fourth-order valence-corrected chi connectivity index (χ4v) is 2.69. The topological polar surface area (TPSA) is 50.1 Å². The van der Waals surface area contributed by atoms with Crippen LogP contribution >= 0.6 is 11.8 Å². The SMILES string of the molecule is CCOC(=O)CSc1ccc(C#N)c2ccccc12. The number of nitriles is 1. The molecule has 0 aliphatic carbocycles. The van der Waals surface area contributed by atoms with Gasteiger partial charge in [-0.1, -0.05) is 24.3 Å². The van der Waals surface area contributed by atoms with E-state index >= 15 is 0 Å². The minimum atomic E-state index is -0.221. The summed E-state index contributed by atoms with van der Waals surface area (Å²) in [6, 6.07) is 13.6. The van der Waals surface area contributed by atoms with Gasteiger partial charge in [-0.05, 0) is 24.4 Å². The molecule has 0 atom stereocenters. The third kappa shape index (κ3) is 3.07. The zero-order valence-corrected chi connectivity index (χ0v) is 11.4. The molecule has 0 amide bonds. The molecule has 96 valence electrons. The Morgan fingerprint density at radius 1 is 1.26 bits per heavy atom. The summed E-state index contributed by atoms with van der Waals surface area (Å²) in [4.78, 5) is 12.4. The fourth-order valence-electron chi connectivity index (χ4n) is 1.83. The Kier molecular flexibility index (Phi) is 4.43. The molecule has 0 saturated heterocycles. The van der Waals surface area contributed by atoms with Gasteiger partial charge in [-0.25, -0.2) is 0 Å². The van der Waals surface area contributed by atoms with Crippen molar-refractivity contribution in [1.29, 1.82) is 5.26 Å². The van der Waals surface area contributed by atoms with E-state index in [0.29, 0.717) is 12.2 Å². The summed E-state index contributed by atoms with van der Waals surface area (Å²) in [5.74, 6) is 0.0601. The summed E-state index contributed by atoms with van der Waals surface area (Å²) in [7, 11) is 0. The molecular weight excluding hydrogens is 258 g/mol. The maximum Gasteiger partial charge on any atom is 0.316 e. The molecule has 0 N–H and O–H groups in total. The van der Waals surface area contributed by atoms with Gasteiger partial charge >= 0.3 is 5.97 Å². The number of nitrogens with zero attached hydrogens (tertiary/aromatic N) is 1. The van der Waals surface area contributed by atoms with E-state index in [-0.39, 0.29) is 11.7 Å². The normalized spacial score (nSPS) is 10.1. The lowest BCUT2D eigenvalue weighted by Crippen LogP contribution is -2.06. The molecular formula is C15H13NO2S. The minimum absolute atomic E-state index is 0.221. The number of benzene rings is 2. The van der Waals surface area contributed by atoms with E-state index < -0.39 is 0 Å². The average molecular weight is 271 g/mol. The molecule has 0 radical (unpaired) electrons. The maximum atomic E-state index is 11.4. The second-order valence-corrected chi connectivity index (χ2v) is 4.88. The highest BCUT2D eigenvalue weighted by Gasteiger charge is 2.08. The van der Waals surface area contributed by atoms with Crippen LogP contribution in [0.3, 0.4) is 0 Å². The fraction of sp³-hybridized carbons (Fsp3) is 0.200. The quantitative estimate of drug-likeness (QED) is 0.632. The Bertz CT molecular complexity index is 646. The number of carbonyl (C=O) groups is 1. The minimum Gasteiger partial charge on any atom is -0.465 e. The second kappa shape index (κ2) is 6.26. The van der Waals surface area contributed by atoms with E-state index in [1.807, 2.05) is 30.3 Å². The van der Waals surface area contributed by atoms with Crippen molar-refractivity contribution >= 4 is 28.5 Å². The summed E-state index contributed by atoms with van der Waals surface area (Å²) < 4.78 is 4.91. The molecule has 0 bridgehead atoms. The van der Waals surface area contributed by atoms with E-state index in [4.69, 9.17) is 10.00 Å². The Hall–Kier alpha value is -1.99. The number of rotatable bonds is 4. The van der Waals surface area contributed by atoms with E-state index in [1.165, 1.54) is 11.8 Å². The Balaban J connectivity index is 2.30. The molecule has 19 heavy (non-hydrogen) atoms. The lowest BCUT2D eigenvalue weighted by Gasteiger charge is -2.07. The van der Waals surface area contributed by atoms with Gasteiger partial charge in [0.15, 0.2) is 0 Å². The van der Waals surface area contributed by atoms with Gasteiger partial charge in [0.2, 0.25) is 0 Å². The van der Waals surface area contributed by atoms with Gasteiger partial charge in [0.1, 0.15) is 0 Å². The predicted octanol–water partition coefficient (Wildman–Crippen LogP) is 3.37. The summed E-state index contributed by atoms with van der Waals surface area (Å²) in [6.07, 6.45) is 0. The van der Waals surface area contributed by atoms with Crippen LogP contribution < -0.4 is 0 Å². The van der Waals surface area contributed by atoms with Crippen molar-refractivity contribution in [3.05, 3.63) is 42.0 Å². The van der Waals surface area contributed by atoms with Gasteiger partial charge in [-0.2, -0.15) is 5.26 Å². The molecule has 2 aromatic carbocycles. The summed E-state index contributed by atoms with van der Waals surface area (Å²) >= 11 is 1.43. The van der Waals surface area contributed by atoms with Gasteiger partial charge in [-0.15, -0.1) is 11.8 Å².